The fourth-order valence-electron chi connectivity index (χ4n) is 3.21. The molecule has 0 amide bonds. The van der Waals surface area contributed by atoms with Gasteiger partial charge in [0, 0.05) is 24.3 Å². The van der Waals surface area contributed by atoms with Crippen LogP contribution in [0.1, 0.15) is 63.5 Å². The first-order chi connectivity index (χ1) is 8.85. The maximum absolute atomic E-state index is 4.47. The zero-order valence-corrected chi connectivity index (χ0v) is 11.9. The summed E-state index contributed by atoms with van der Waals surface area (Å²) in [7, 11) is 2.09. The molecule has 2 rings (SSSR count). The monoisotopic (exact) mass is 249 g/mol. The molecule has 18 heavy (non-hydrogen) atoms. The normalized spacial score (nSPS) is 19.7. The summed E-state index contributed by atoms with van der Waals surface area (Å²) in [6, 6.07) is 0.494. The van der Waals surface area contributed by atoms with Crippen LogP contribution >= 0.6 is 0 Å². The highest BCUT2D eigenvalue weighted by Gasteiger charge is 2.23. The van der Waals surface area contributed by atoms with Crippen LogP contribution < -0.4 is 5.32 Å². The third-order valence-corrected chi connectivity index (χ3v) is 4.15. The van der Waals surface area contributed by atoms with E-state index in [0.29, 0.717) is 6.04 Å². The third kappa shape index (κ3) is 3.35. The minimum atomic E-state index is 0.494. The molecule has 1 aliphatic rings. The molecule has 1 heterocycles. The highest BCUT2D eigenvalue weighted by molar-refractivity contribution is 5.12. The first-order valence-corrected chi connectivity index (χ1v) is 7.54. The van der Waals surface area contributed by atoms with Crippen LogP contribution in [0.15, 0.2) is 12.4 Å². The van der Waals surface area contributed by atoms with Crippen LogP contribution in [0.4, 0.5) is 0 Å². The van der Waals surface area contributed by atoms with Crippen molar-refractivity contribution in [2.24, 2.45) is 5.92 Å². The van der Waals surface area contributed by atoms with Crippen LogP contribution in [0.3, 0.4) is 0 Å². The SMILES string of the molecule is CCCn1cc(C(NC)C2CCCCCC2)cn1. The predicted octanol–water partition coefficient (Wildman–Crippen LogP) is 3.52. The number of rotatable bonds is 5. The molecule has 1 N–H and O–H groups in total. The maximum Gasteiger partial charge on any atom is 0.0537 e. The lowest BCUT2D eigenvalue weighted by atomic mass is 9.88. The molecular formula is C15H27N3. The summed E-state index contributed by atoms with van der Waals surface area (Å²) in [6.07, 6.45) is 13.8. The van der Waals surface area contributed by atoms with Crippen molar-refractivity contribution in [2.75, 3.05) is 7.05 Å². The lowest BCUT2D eigenvalue weighted by molar-refractivity contribution is 0.341. The lowest BCUT2D eigenvalue weighted by Crippen LogP contribution is -2.24. The van der Waals surface area contributed by atoms with Gasteiger partial charge < -0.3 is 5.32 Å². The van der Waals surface area contributed by atoms with Crippen molar-refractivity contribution in [1.82, 2.24) is 15.1 Å². The highest BCUT2D eigenvalue weighted by atomic mass is 15.3. The van der Waals surface area contributed by atoms with E-state index in [2.05, 4.69) is 41.5 Å². The van der Waals surface area contributed by atoms with Gasteiger partial charge in [0.15, 0.2) is 0 Å². The first kappa shape index (κ1) is 13.6. The number of aryl methyl sites for hydroxylation is 1. The topological polar surface area (TPSA) is 29.9 Å². The second-order valence-electron chi connectivity index (χ2n) is 5.55. The Bertz CT molecular complexity index is 337. The van der Waals surface area contributed by atoms with E-state index >= 15 is 0 Å². The number of hydrogen-bond acceptors (Lipinski definition) is 2. The minimum Gasteiger partial charge on any atom is -0.313 e. The Balaban J connectivity index is 2.05. The third-order valence-electron chi connectivity index (χ3n) is 4.15. The van der Waals surface area contributed by atoms with Gasteiger partial charge in [-0.15, -0.1) is 0 Å². The van der Waals surface area contributed by atoms with Crippen LogP contribution in [-0.2, 0) is 6.54 Å². The molecule has 102 valence electrons. The van der Waals surface area contributed by atoms with E-state index in [1.165, 1.54) is 44.1 Å². The largest absolute Gasteiger partial charge is 0.313 e. The van der Waals surface area contributed by atoms with E-state index < -0.39 is 0 Å². The fraction of sp³-hybridized carbons (Fsp3) is 0.800. The van der Waals surface area contributed by atoms with E-state index in [-0.39, 0.29) is 0 Å². The van der Waals surface area contributed by atoms with Crippen molar-refractivity contribution < 1.29 is 0 Å². The molecule has 1 atom stereocenters. The smallest absolute Gasteiger partial charge is 0.0537 e. The van der Waals surface area contributed by atoms with E-state index in [1.807, 2.05) is 0 Å². The molecule has 3 heteroatoms. The van der Waals surface area contributed by atoms with Gasteiger partial charge in [-0.2, -0.15) is 5.10 Å². The van der Waals surface area contributed by atoms with E-state index in [1.54, 1.807) is 0 Å². The summed E-state index contributed by atoms with van der Waals surface area (Å²) in [5, 5.41) is 7.99. The Kier molecular flexibility index (Phi) is 5.24. The quantitative estimate of drug-likeness (QED) is 0.809. The van der Waals surface area contributed by atoms with Crippen molar-refractivity contribution in [3.63, 3.8) is 0 Å². The van der Waals surface area contributed by atoms with Gasteiger partial charge in [-0.1, -0.05) is 32.6 Å². The van der Waals surface area contributed by atoms with Crippen molar-refractivity contribution >= 4 is 0 Å². The molecular weight excluding hydrogens is 222 g/mol. The standard InChI is InChI=1S/C15H27N3/c1-3-10-18-12-14(11-17-18)15(16-2)13-8-6-4-5-7-9-13/h11-13,15-16H,3-10H2,1-2H3. The maximum atomic E-state index is 4.47. The Hall–Kier alpha value is -0.830. The average molecular weight is 249 g/mol. The lowest BCUT2D eigenvalue weighted by Gasteiger charge is -2.24. The Morgan fingerprint density at radius 3 is 2.67 bits per heavy atom. The first-order valence-electron chi connectivity index (χ1n) is 7.54. The van der Waals surface area contributed by atoms with Crippen LogP contribution in [-0.4, -0.2) is 16.8 Å². The fourth-order valence-corrected chi connectivity index (χ4v) is 3.21. The molecule has 1 aromatic heterocycles. The van der Waals surface area contributed by atoms with Crippen molar-refractivity contribution in [2.45, 2.75) is 64.5 Å². The molecule has 0 saturated heterocycles. The van der Waals surface area contributed by atoms with Crippen molar-refractivity contribution in [3.8, 4) is 0 Å². The van der Waals surface area contributed by atoms with Gasteiger partial charge in [-0.05, 0) is 32.2 Å². The number of nitrogens with zero attached hydrogens (tertiary/aromatic N) is 2. The van der Waals surface area contributed by atoms with Gasteiger partial charge >= 0.3 is 0 Å². The second kappa shape index (κ2) is 6.93. The van der Waals surface area contributed by atoms with E-state index in [4.69, 9.17) is 0 Å². The molecule has 1 aliphatic carbocycles. The molecule has 0 aromatic carbocycles. The Labute approximate surface area is 111 Å². The summed E-state index contributed by atoms with van der Waals surface area (Å²) in [4.78, 5) is 0. The van der Waals surface area contributed by atoms with Crippen molar-refractivity contribution in [1.29, 1.82) is 0 Å². The van der Waals surface area contributed by atoms with Crippen molar-refractivity contribution in [3.05, 3.63) is 18.0 Å². The Morgan fingerprint density at radius 1 is 1.33 bits per heavy atom. The van der Waals surface area contributed by atoms with E-state index in [9.17, 15) is 0 Å². The molecule has 0 aliphatic heterocycles. The van der Waals surface area contributed by atoms with Crippen LogP contribution in [0.5, 0.6) is 0 Å². The zero-order valence-electron chi connectivity index (χ0n) is 11.9. The molecule has 1 saturated carbocycles. The Morgan fingerprint density at radius 2 is 2.06 bits per heavy atom. The second-order valence-corrected chi connectivity index (χ2v) is 5.55. The van der Waals surface area contributed by atoms with Crippen LogP contribution in [0, 0.1) is 5.92 Å². The van der Waals surface area contributed by atoms with Gasteiger partial charge in [0.25, 0.3) is 0 Å². The summed E-state index contributed by atoms with van der Waals surface area (Å²) >= 11 is 0. The zero-order chi connectivity index (χ0) is 12.8. The molecule has 1 fully saturated rings. The van der Waals surface area contributed by atoms with Gasteiger partial charge in [-0.3, -0.25) is 4.68 Å². The molecule has 0 spiro atoms. The molecule has 0 radical (unpaired) electrons. The van der Waals surface area contributed by atoms with Crippen LogP contribution in [0.25, 0.3) is 0 Å². The molecule has 3 nitrogen and oxygen atoms in total. The minimum absolute atomic E-state index is 0.494. The predicted molar refractivity (Wildman–Crippen MR) is 75.5 cm³/mol. The summed E-state index contributed by atoms with van der Waals surface area (Å²) < 4.78 is 2.08. The van der Waals surface area contributed by atoms with Gasteiger partial charge in [0.1, 0.15) is 0 Å². The summed E-state index contributed by atoms with van der Waals surface area (Å²) in [6.45, 7) is 3.23. The van der Waals surface area contributed by atoms with Gasteiger partial charge in [0.05, 0.1) is 6.20 Å². The van der Waals surface area contributed by atoms with E-state index in [0.717, 1.165) is 18.9 Å². The molecule has 1 aromatic rings. The number of nitrogens with one attached hydrogen (secondary N) is 1. The molecule has 0 bridgehead atoms. The summed E-state index contributed by atoms with van der Waals surface area (Å²) in [5.41, 5.74) is 1.37. The van der Waals surface area contributed by atoms with Crippen LogP contribution in [0.2, 0.25) is 0 Å². The highest BCUT2D eigenvalue weighted by Crippen LogP contribution is 2.33. The van der Waals surface area contributed by atoms with Gasteiger partial charge in [-0.25, -0.2) is 0 Å². The summed E-state index contributed by atoms with van der Waals surface area (Å²) in [5.74, 6) is 0.789. The number of hydrogen-bond donors (Lipinski definition) is 1. The number of aromatic nitrogens is 2. The molecule has 1 unspecified atom stereocenters. The average Bonchev–Trinajstić information content (AvgIpc) is 2.66. The van der Waals surface area contributed by atoms with Gasteiger partial charge in [0.2, 0.25) is 0 Å².